The van der Waals surface area contributed by atoms with Gasteiger partial charge < -0.3 is 5.32 Å². The van der Waals surface area contributed by atoms with Gasteiger partial charge in [-0.15, -0.1) is 0 Å². The molecule has 1 heteroatoms. The monoisotopic (exact) mass is 279 g/mol. The van der Waals surface area contributed by atoms with Crippen molar-refractivity contribution in [3.63, 3.8) is 0 Å². The Kier molecular flexibility index (Phi) is 3.75. The van der Waals surface area contributed by atoms with Crippen LogP contribution in [0.25, 0.3) is 0 Å². The third-order valence-corrected chi connectivity index (χ3v) is 4.79. The van der Waals surface area contributed by atoms with E-state index in [0.29, 0.717) is 12.0 Å². The maximum absolute atomic E-state index is 3.82. The van der Waals surface area contributed by atoms with Crippen LogP contribution in [-0.4, -0.2) is 0 Å². The molecule has 0 bridgehead atoms. The first-order valence-corrected chi connectivity index (χ1v) is 7.99. The molecule has 0 saturated heterocycles. The molecule has 3 rings (SSSR count). The molecule has 1 aliphatic carbocycles. The average Bonchev–Trinajstić information content (AvgIpc) is 2.45. The highest BCUT2D eigenvalue weighted by Crippen LogP contribution is 2.39. The molecule has 1 aliphatic rings. The summed E-state index contributed by atoms with van der Waals surface area (Å²) < 4.78 is 0. The summed E-state index contributed by atoms with van der Waals surface area (Å²) in [6, 6.07) is 13.9. The number of rotatable bonds is 2. The van der Waals surface area contributed by atoms with Gasteiger partial charge in [-0.1, -0.05) is 48.9 Å². The number of aryl methyl sites for hydroxylation is 3. The van der Waals surface area contributed by atoms with Gasteiger partial charge in [0.05, 0.1) is 6.04 Å². The van der Waals surface area contributed by atoms with Crippen molar-refractivity contribution in [2.75, 3.05) is 5.32 Å². The fourth-order valence-corrected chi connectivity index (χ4v) is 3.74. The molecule has 0 aliphatic heterocycles. The molecule has 0 saturated carbocycles. The Morgan fingerprint density at radius 3 is 2.19 bits per heavy atom. The molecule has 0 spiro atoms. The maximum Gasteiger partial charge on any atom is 0.0517 e. The minimum Gasteiger partial charge on any atom is -0.378 e. The van der Waals surface area contributed by atoms with Gasteiger partial charge in [-0.3, -0.25) is 0 Å². The molecule has 110 valence electrons. The lowest BCUT2D eigenvalue weighted by molar-refractivity contribution is 0.534. The van der Waals surface area contributed by atoms with E-state index < -0.39 is 0 Å². The molecule has 1 N–H and O–H groups in total. The van der Waals surface area contributed by atoms with E-state index in [0.717, 1.165) is 0 Å². The number of benzene rings is 2. The van der Waals surface area contributed by atoms with E-state index >= 15 is 0 Å². The van der Waals surface area contributed by atoms with Crippen LogP contribution in [0, 0.1) is 20.8 Å². The van der Waals surface area contributed by atoms with Crippen LogP contribution in [0.5, 0.6) is 0 Å². The predicted molar refractivity (Wildman–Crippen MR) is 91.1 cm³/mol. The average molecular weight is 279 g/mol. The van der Waals surface area contributed by atoms with E-state index in [1.165, 1.54) is 46.3 Å². The van der Waals surface area contributed by atoms with E-state index in [1.807, 2.05) is 0 Å². The molecule has 0 radical (unpaired) electrons. The Labute approximate surface area is 128 Å². The van der Waals surface area contributed by atoms with Gasteiger partial charge in [-0.05, 0) is 61.8 Å². The van der Waals surface area contributed by atoms with Crippen LogP contribution in [0.15, 0.2) is 36.4 Å². The van der Waals surface area contributed by atoms with Crippen molar-refractivity contribution < 1.29 is 0 Å². The summed E-state index contributed by atoms with van der Waals surface area (Å²) in [6.07, 6.45) is 2.48. The molecule has 2 aromatic carbocycles. The summed E-state index contributed by atoms with van der Waals surface area (Å²) in [6.45, 7) is 8.93. The molecule has 0 fully saturated rings. The highest BCUT2D eigenvalue weighted by atomic mass is 14.9. The molecule has 0 amide bonds. The predicted octanol–water partition coefficient (Wildman–Crippen LogP) is 5.66. The van der Waals surface area contributed by atoms with Crippen molar-refractivity contribution in [1.29, 1.82) is 0 Å². The molecular weight excluding hydrogens is 254 g/mol. The summed E-state index contributed by atoms with van der Waals surface area (Å²) >= 11 is 0. The molecular formula is C20H25N. The minimum absolute atomic E-state index is 0.442. The van der Waals surface area contributed by atoms with Gasteiger partial charge in [-0.2, -0.15) is 0 Å². The van der Waals surface area contributed by atoms with Gasteiger partial charge in [0, 0.05) is 5.69 Å². The third-order valence-electron chi connectivity index (χ3n) is 4.79. The third kappa shape index (κ3) is 2.70. The Hall–Kier alpha value is -1.76. The second-order valence-corrected chi connectivity index (χ2v) is 6.58. The lowest BCUT2D eigenvalue weighted by Gasteiger charge is -2.32. The summed E-state index contributed by atoms with van der Waals surface area (Å²) in [5.41, 5.74) is 8.36. The molecule has 2 aromatic rings. The quantitative estimate of drug-likeness (QED) is 0.747. The summed E-state index contributed by atoms with van der Waals surface area (Å²) in [7, 11) is 0. The fourth-order valence-electron chi connectivity index (χ4n) is 3.74. The van der Waals surface area contributed by atoms with Crippen LogP contribution in [-0.2, 0) is 0 Å². The second kappa shape index (κ2) is 5.55. The zero-order valence-corrected chi connectivity index (χ0v) is 13.5. The zero-order chi connectivity index (χ0) is 15.0. The van der Waals surface area contributed by atoms with Crippen molar-refractivity contribution >= 4 is 5.69 Å². The van der Waals surface area contributed by atoms with Crippen molar-refractivity contribution in [2.24, 2.45) is 0 Å². The molecule has 2 atom stereocenters. The Morgan fingerprint density at radius 2 is 1.52 bits per heavy atom. The minimum atomic E-state index is 0.442. The van der Waals surface area contributed by atoms with E-state index in [4.69, 9.17) is 0 Å². The van der Waals surface area contributed by atoms with Gasteiger partial charge in [0.15, 0.2) is 0 Å². The molecule has 1 nitrogen and oxygen atoms in total. The van der Waals surface area contributed by atoms with E-state index in [-0.39, 0.29) is 0 Å². The smallest absolute Gasteiger partial charge is 0.0517 e. The van der Waals surface area contributed by atoms with E-state index in [2.05, 4.69) is 69.4 Å². The zero-order valence-electron chi connectivity index (χ0n) is 13.5. The number of nitrogens with one attached hydrogen (secondary N) is 1. The normalized spacial score (nSPS) is 21.0. The van der Waals surface area contributed by atoms with Crippen LogP contribution in [0.3, 0.4) is 0 Å². The van der Waals surface area contributed by atoms with Crippen molar-refractivity contribution in [1.82, 2.24) is 0 Å². The van der Waals surface area contributed by atoms with Crippen molar-refractivity contribution in [3.05, 3.63) is 64.2 Å². The van der Waals surface area contributed by atoms with Gasteiger partial charge in [-0.25, -0.2) is 0 Å². The first-order valence-electron chi connectivity index (χ1n) is 7.99. The molecule has 0 aromatic heterocycles. The second-order valence-electron chi connectivity index (χ2n) is 6.58. The molecule has 2 unspecified atom stereocenters. The van der Waals surface area contributed by atoms with Crippen LogP contribution in [0.2, 0.25) is 0 Å². The number of hydrogen-bond donors (Lipinski definition) is 1. The van der Waals surface area contributed by atoms with Gasteiger partial charge in [0.2, 0.25) is 0 Å². The fraction of sp³-hybridized carbons (Fsp3) is 0.400. The van der Waals surface area contributed by atoms with Crippen molar-refractivity contribution in [2.45, 2.75) is 52.5 Å². The highest BCUT2D eigenvalue weighted by Gasteiger charge is 2.24. The standard InChI is InChI=1S/C20H25N/c1-13-11-15(3)20(16(4)12-13)21-19-10-9-14(2)17-7-5-6-8-18(17)19/h5-8,11-12,14,19,21H,9-10H2,1-4H3. The summed E-state index contributed by atoms with van der Waals surface area (Å²) in [4.78, 5) is 0. The largest absolute Gasteiger partial charge is 0.378 e. The van der Waals surface area contributed by atoms with Gasteiger partial charge >= 0.3 is 0 Å². The molecule has 21 heavy (non-hydrogen) atoms. The lowest BCUT2D eigenvalue weighted by Crippen LogP contribution is -2.20. The van der Waals surface area contributed by atoms with Crippen LogP contribution in [0.1, 0.15) is 59.5 Å². The lowest BCUT2D eigenvalue weighted by atomic mass is 9.81. The van der Waals surface area contributed by atoms with Crippen LogP contribution >= 0.6 is 0 Å². The number of hydrogen-bond acceptors (Lipinski definition) is 1. The topological polar surface area (TPSA) is 12.0 Å². The molecule has 0 heterocycles. The number of fused-ring (bicyclic) bond motifs is 1. The first-order chi connectivity index (χ1) is 10.1. The van der Waals surface area contributed by atoms with Crippen molar-refractivity contribution in [3.8, 4) is 0 Å². The first kappa shape index (κ1) is 14.2. The van der Waals surface area contributed by atoms with Crippen LogP contribution in [0.4, 0.5) is 5.69 Å². The Bertz CT molecular complexity index is 634. The Balaban J connectivity index is 1.95. The SMILES string of the molecule is Cc1cc(C)c(NC2CCC(C)c3ccccc32)c(C)c1. The van der Waals surface area contributed by atoms with E-state index in [9.17, 15) is 0 Å². The maximum atomic E-state index is 3.82. The van der Waals surface area contributed by atoms with Gasteiger partial charge in [0.25, 0.3) is 0 Å². The van der Waals surface area contributed by atoms with Crippen LogP contribution < -0.4 is 5.32 Å². The number of anilines is 1. The van der Waals surface area contributed by atoms with E-state index in [1.54, 1.807) is 0 Å². The Morgan fingerprint density at radius 1 is 0.905 bits per heavy atom. The summed E-state index contributed by atoms with van der Waals surface area (Å²) in [5, 5.41) is 3.82. The van der Waals surface area contributed by atoms with Gasteiger partial charge in [0.1, 0.15) is 0 Å². The summed E-state index contributed by atoms with van der Waals surface area (Å²) in [5.74, 6) is 0.680. The highest BCUT2D eigenvalue weighted by molar-refractivity contribution is 5.59.